The second-order valence-corrected chi connectivity index (χ2v) is 4.76. The highest BCUT2D eigenvalue weighted by molar-refractivity contribution is 5.86. The van der Waals surface area contributed by atoms with Gasteiger partial charge in [0.2, 0.25) is 0 Å². The Morgan fingerprint density at radius 1 is 1.43 bits per heavy atom. The van der Waals surface area contributed by atoms with E-state index in [-0.39, 0.29) is 11.4 Å². The molecule has 0 aromatic rings. The van der Waals surface area contributed by atoms with Crippen molar-refractivity contribution in [3.05, 3.63) is 12.2 Å². The third kappa shape index (κ3) is 5.75. The van der Waals surface area contributed by atoms with Gasteiger partial charge in [-0.2, -0.15) is 0 Å². The largest absolute Gasteiger partial charge is 0.462 e. The van der Waals surface area contributed by atoms with Gasteiger partial charge < -0.3 is 9.64 Å². The first-order chi connectivity index (χ1) is 6.24. The van der Waals surface area contributed by atoms with Crippen LogP contribution in [0.5, 0.6) is 0 Å². The lowest BCUT2D eigenvalue weighted by molar-refractivity contribution is -0.142. The Morgan fingerprint density at radius 3 is 2.29 bits per heavy atom. The average molecular weight is 199 g/mol. The van der Waals surface area contributed by atoms with Gasteiger partial charge in [0.1, 0.15) is 0 Å². The number of hydrogen-bond acceptors (Lipinski definition) is 3. The molecule has 0 aromatic carbocycles. The predicted octanol–water partition coefficient (Wildman–Crippen LogP) is 1.69. The molecule has 0 unspecified atom stereocenters. The van der Waals surface area contributed by atoms with Crippen LogP contribution in [0.4, 0.5) is 0 Å². The molecule has 0 aliphatic carbocycles. The van der Waals surface area contributed by atoms with E-state index in [9.17, 15) is 4.79 Å². The summed E-state index contributed by atoms with van der Waals surface area (Å²) in [6.45, 7) is 10.6. The van der Waals surface area contributed by atoms with Crippen LogP contribution in [0.2, 0.25) is 0 Å². The van der Waals surface area contributed by atoms with E-state index in [4.69, 9.17) is 4.74 Å². The lowest BCUT2D eigenvalue weighted by Crippen LogP contribution is -2.33. The standard InChI is InChI=1S/C11H21NO2/c1-9(2)10(13)14-8-11(3,4)7-12(5)6/h1,7-8H2,2-6H3. The highest BCUT2D eigenvalue weighted by Crippen LogP contribution is 2.16. The Bertz CT molecular complexity index is 219. The zero-order chi connectivity index (χ0) is 11.4. The molecule has 82 valence electrons. The Kier molecular flexibility index (Phi) is 4.85. The number of nitrogens with zero attached hydrogens (tertiary/aromatic N) is 1. The maximum absolute atomic E-state index is 11.1. The summed E-state index contributed by atoms with van der Waals surface area (Å²) in [6.07, 6.45) is 0. The van der Waals surface area contributed by atoms with Crippen molar-refractivity contribution in [2.24, 2.45) is 5.41 Å². The highest BCUT2D eigenvalue weighted by Gasteiger charge is 2.21. The molecule has 0 fully saturated rings. The number of carbonyl (C=O) groups is 1. The summed E-state index contributed by atoms with van der Waals surface area (Å²) < 4.78 is 5.10. The molecule has 0 amide bonds. The highest BCUT2D eigenvalue weighted by atomic mass is 16.5. The van der Waals surface area contributed by atoms with Crippen LogP contribution < -0.4 is 0 Å². The van der Waals surface area contributed by atoms with Crippen LogP contribution in [-0.4, -0.2) is 38.1 Å². The summed E-state index contributed by atoms with van der Waals surface area (Å²) in [4.78, 5) is 13.2. The molecular formula is C11H21NO2. The van der Waals surface area contributed by atoms with E-state index in [1.54, 1.807) is 6.92 Å². The molecule has 0 aliphatic heterocycles. The Balaban J connectivity index is 3.98. The second kappa shape index (κ2) is 5.15. The van der Waals surface area contributed by atoms with Crippen LogP contribution in [-0.2, 0) is 9.53 Å². The Labute approximate surface area is 86.7 Å². The molecule has 3 nitrogen and oxygen atoms in total. The molecule has 0 atom stereocenters. The predicted molar refractivity (Wildman–Crippen MR) is 58.1 cm³/mol. The van der Waals surface area contributed by atoms with Crippen molar-refractivity contribution in [1.82, 2.24) is 4.90 Å². The van der Waals surface area contributed by atoms with Crippen LogP contribution in [0.1, 0.15) is 20.8 Å². The van der Waals surface area contributed by atoms with Gasteiger partial charge in [-0.05, 0) is 21.0 Å². The minimum Gasteiger partial charge on any atom is -0.462 e. The molecule has 0 N–H and O–H groups in total. The van der Waals surface area contributed by atoms with Crippen molar-refractivity contribution in [3.8, 4) is 0 Å². The first kappa shape index (κ1) is 13.2. The molecule has 14 heavy (non-hydrogen) atoms. The third-order valence-electron chi connectivity index (χ3n) is 1.69. The van der Waals surface area contributed by atoms with E-state index in [0.29, 0.717) is 12.2 Å². The normalized spacial score (nSPS) is 11.6. The van der Waals surface area contributed by atoms with Crippen molar-refractivity contribution < 1.29 is 9.53 Å². The Morgan fingerprint density at radius 2 is 1.93 bits per heavy atom. The number of esters is 1. The van der Waals surface area contributed by atoms with Gasteiger partial charge in [-0.1, -0.05) is 20.4 Å². The van der Waals surface area contributed by atoms with Crippen molar-refractivity contribution in [2.75, 3.05) is 27.2 Å². The van der Waals surface area contributed by atoms with Crippen molar-refractivity contribution in [3.63, 3.8) is 0 Å². The first-order valence-electron chi connectivity index (χ1n) is 4.72. The van der Waals surface area contributed by atoms with Crippen molar-refractivity contribution in [1.29, 1.82) is 0 Å². The minimum absolute atomic E-state index is 0.0192. The van der Waals surface area contributed by atoms with E-state index in [2.05, 4.69) is 25.3 Å². The van der Waals surface area contributed by atoms with Crippen LogP contribution in [0.25, 0.3) is 0 Å². The van der Waals surface area contributed by atoms with Gasteiger partial charge in [0.25, 0.3) is 0 Å². The fourth-order valence-corrected chi connectivity index (χ4v) is 1.29. The first-order valence-corrected chi connectivity index (χ1v) is 4.72. The summed E-state index contributed by atoms with van der Waals surface area (Å²) in [5, 5.41) is 0. The van der Waals surface area contributed by atoms with Gasteiger partial charge in [0, 0.05) is 17.5 Å². The summed E-state index contributed by atoms with van der Waals surface area (Å²) in [7, 11) is 4.00. The van der Waals surface area contributed by atoms with E-state index in [1.807, 2.05) is 14.1 Å². The molecule has 0 saturated heterocycles. The quantitative estimate of drug-likeness (QED) is 0.498. The van der Waals surface area contributed by atoms with Crippen LogP contribution in [0.3, 0.4) is 0 Å². The summed E-state index contributed by atoms with van der Waals surface area (Å²) >= 11 is 0. The second-order valence-electron chi connectivity index (χ2n) is 4.76. The van der Waals surface area contributed by atoms with Crippen molar-refractivity contribution in [2.45, 2.75) is 20.8 Å². The van der Waals surface area contributed by atoms with Crippen LogP contribution in [0, 0.1) is 5.41 Å². The van der Waals surface area contributed by atoms with Gasteiger partial charge in [-0.15, -0.1) is 0 Å². The number of ether oxygens (including phenoxy) is 1. The van der Waals surface area contributed by atoms with Crippen molar-refractivity contribution >= 4 is 5.97 Å². The molecule has 0 radical (unpaired) electrons. The lowest BCUT2D eigenvalue weighted by Gasteiger charge is -2.27. The summed E-state index contributed by atoms with van der Waals surface area (Å²) in [5.74, 6) is -0.308. The van der Waals surface area contributed by atoms with E-state index < -0.39 is 0 Å². The monoisotopic (exact) mass is 199 g/mol. The third-order valence-corrected chi connectivity index (χ3v) is 1.69. The molecule has 3 heteroatoms. The molecular weight excluding hydrogens is 178 g/mol. The van der Waals surface area contributed by atoms with Gasteiger partial charge in [-0.25, -0.2) is 4.79 Å². The average Bonchev–Trinajstić information content (AvgIpc) is 1.97. The van der Waals surface area contributed by atoms with Gasteiger partial charge in [0.05, 0.1) is 6.61 Å². The van der Waals surface area contributed by atoms with Gasteiger partial charge >= 0.3 is 5.97 Å². The van der Waals surface area contributed by atoms with E-state index in [1.165, 1.54) is 0 Å². The zero-order valence-corrected chi connectivity index (χ0v) is 9.89. The fraction of sp³-hybridized carbons (Fsp3) is 0.727. The number of carbonyl (C=O) groups excluding carboxylic acids is 1. The molecule has 0 spiro atoms. The van der Waals surface area contributed by atoms with Crippen LogP contribution >= 0.6 is 0 Å². The van der Waals surface area contributed by atoms with Crippen LogP contribution in [0.15, 0.2) is 12.2 Å². The molecule has 0 aliphatic rings. The SMILES string of the molecule is C=C(C)C(=O)OCC(C)(C)CN(C)C. The molecule has 0 aromatic heterocycles. The fourth-order valence-electron chi connectivity index (χ4n) is 1.29. The topological polar surface area (TPSA) is 29.5 Å². The zero-order valence-electron chi connectivity index (χ0n) is 9.89. The molecule has 0 rings (SSSR count). The summed E-state index contributed by atoms with van der Waals surface area (Å²) in [6, 6.07) is 0. The van der Waals surface area contributed by atoms with E-state index in [0.717, 1.165) is 6.54 Å². The van der Waals surface area contributed by atoms with Gasteiger partial charge in [-0.3, -0.25) is 0 Å². The molecule has 0 heterocycles. The number of rotatable bonds is 5. The lowest BCUT2D eigenvalue weighted by atomic mass is 9.94. The van der Waals surface area contributed by atoms with E-state index >= 15 is 0 Å². The minimum atomic E-state index is -0.308. The summed E-state index contributed by atoms with van der Waals surface area (Å²) in [5.41, 5.74) is 0.430. The Hall–Kier alpha value is -0.830. The molecule has 0 saturated carbocycles. The maximum atomic E-state index is 11.1. The molecule has 0 bridgehead atoms. The van der Waals surface area contributed by atoms with Gasteiger partial charge in [0.15, 0.2) is 0 Å². The smallest absolute Gasteiger partial charge is 0.333 e. The maximum Gasteiger partial charge on any atom is 0.333 e. The number of hydrogen-bond donors (Lipinski definition) is 0.